The van der Waals surface area contributed by atoms with Gasteiger partial charge in [0.2, 0.25) is 0 Å². The highest BCUT2D eigenvalue weighted by atomic mass is 19.4. The lowest BCUT2D eigenvalue weighted by Crippen LogP contribution is -2.44. The summed E-state index contributed by atoms with van der Waals surface area (Å²) in [7, 11) is 0. The number of H-pyrrole nitrogens is 1. The molecule has 3 aromatic heterocycles. The molecule has 0 aromatic carbocycles. The van der Waals surface area contributed by atoms with Crippen LogP contribution in [0.2, 0.25) is 0 Å². The molecular weight excluding hydrogens is 395 g/mol. The lowest BCUT2D eigenvalue weighted by atomic mass is 9.85. The van der Waals surface area contributed by atoms with E-state index in [0.717, 1.165) is 42.2 Å². The minimum atomic E-state index is -4.42. The summed E-state index contributed by atoms with van der Waals surface area (Å²) in [4.78, 5) is 19.7. The van der Waals surface area contributed by atoms with Gasteiger partial charge in [0.15, 0.2) is 5.43 Å². The first kappa shape index (κ1) is 20.4. The second-order valence-electron chi connectivity index (χ2n) is 7.89. The number of halogens is 3. The molecule has 158 valence electrons. The molecule has 6 nitrogen and oxygen atoms in total. The zero-order chi connectivity index (χ0) is 21.3. The van der Waals surface area contributed by atoms with Crippen LogP contribution in [0.15, 0.2) is 35.5 Å². The Bertz CT molecular complexity index is 1140. The fourth-order valence-corrected chi connectivity index (χ4v) is 4.40. The number of rotatable bonds is 5. The maximum absolute atomic E-state index is 13.0. The molecule has 3 heterocycles. The molecule has 1 unspecified atom stereocenters. The van der Waals surface area contributed by atoms with Gasteiger partial charge in [-0.2, -0.15) is 18.4 Å². The highest BCUT2D eigenvalue weighted by Gasteiger charge is 2.39. The summed E-state index contributed by atoms with van der Waals surface area (Å²) >= 11 is 0. The fraction of sp³-hybridized carbons (Fsp3) is 0.476. The van der Waals surface area contributed by atoms with Gasteiger partial charge in [0.05, 0.1) is 23.4 Å². The first-order valence-electron chi connectivity index (χ1n) is 10.0. The zero-order valence-corrected chi connectivity index (χ0v) is 16.2. The number of nitrogens with one attached hydrogen (secondary N) is 2. The summed E-state index contributed by atoms with van der Waals surface area (Å²) in [5.41, 5.74) is 1.49. The van der Waals surface area contributed by atoms with Crippen LogP contribution in [0.3, 0.4) is 0 Å². The molecule has 3 aromatic rings. The first-order chi connectivity index (χ1) is 14.4. The average Bonchev–Trinajstić information content (AvgIpc) is 3.20. The summed E-state index contributed by atoms with van der Waals surface area (Å²) in [6, 6.07) is 3.45. The van der Waals surface area contributed by atoms with Crippen LogP contribution in [-0.2, 0) is 0 Å². The van der Waals surface area contributed by atoms with Crippen LogP contribution in [0.5, 0.6) is 0 Å². The molecule has 1 aliphatic carbocycles. The van der Waals surface area contributed by atoms with Crippen LogP contribution in [0.1, 0.15) is 38.1 Å². The zero-order valence-electron chi connectivity index (χ0n) is 16.2. The molecule has 0 bridgehead atoms. The monoisotopic (exact) mass is 417 g/mol. The summed E-state index contributed by atoms with van der Waals surface area (Å²) < 4.78 is 41.0. The third kappa shape index (κ3) is 3.92. The van der Waals surface area contributed by atoms with Gasteiger partial charge in [-0.05, 0) is 44.2 Å². The van der Waals surface area contributed by atoms with Crippen LogP contribution in [0.4, 0.5) is 13.2 Å². The number of fused-ring (bicyclic) bond motifs is 3. The number of hydrogen-bond acceptors (Lipinski definition) is 4. The molecular formula is C21H22F3N5O. The van der Waals surface area contributed by atoms with Crippen molar-refractivity contribution < 1.29 is 13.2 Å². The van der Waals surface area contributed by atoms with Gasteiger partial charge in [0.25, 0.3) is 0 Å². The van der Waals surface area contributed by atoms with E-state index >= 15 is 0 Å². The quantitative estimate of drug-likeness (QED) is 0.656. The molecule has 1 atom stereocenters. The van der Waals surface area contributed by atoms with E-state index in [9.17, 15) is 18.0 Å². The van der Waals surface area contributed by atoms with E-state index in [1.165, 1.54) is 0 Å². The van der Waals surface area contributed by atoms with Crippen molar-refractivity contribution in [3.63, 3.8) is 0 Å². The van der Waals surface area contributed by atoms with Crippen molar-refractivity contribution >= 4 is 21.9 Å². The summed E-state index contributed by atoms with van der Waals surface area (Å²) in [5, 5.41) is 12.6. The summed E-state index contributed by atoms with van der Waals surface area (Å²) in [6.07, 6.45) is 3.39. The Labute approximate surface area is 170 Å². The molecule has 1 saturated carbocycles. The van der Waals surface area contributed by atoms with Crippen molar-refractivity contribution in [2.24, 2.45) is 5.92 Å². The number of aromatic amines is 1. The van der Waals surface area contributed by atoms with Gasteiger partial charge in [-0.3, -0.25) is 4.79 Å². The predicted molar refractivity (Wildman–Crippen MR) is 107 cm³/mol. The van der Waals surface area contributed by atoms with Gasteiger partial charge in [0.1, 0.15) is 11.7 Å². The SMILES string of the molecule is N#CCC(NCC1CCC(n2ccc(=O)c3cnc4[nH]ccc4c32)CC1)C(F)(F)F. The molecule has 0 spiro atoms. The largest absolute Gasteiger partial charge is 0.404 e. The molecule has 0 amide bonds. The molecule has 2 N–H and O–H groups in total. The van der Waals surface area contributed by atoms with E-state index in [1.54, 1.807) is 24.5 Å². The Hall–Kier alpha value is -2.86. The van der Waals surface area contributed by atoms with Crippen molar-refractivity contribution in [2.45, 2.75) is 50.4 Å². The van der Waals surface area contributed by atoms with Crippen molar-refractivity contribution in [2.75, 3.05) is 6.54 Å². The normalized spacial score (nSPS) is 21.0. The smallest absolute Gasteiger partial charge is 0.346 e. The first-order valence-corrected chi connectivity index (χ1v) is 10.0. The minimum absolute atomic E-state index is 0.0783. The third-order valence-corrected chi connectivity index (χ3v) is 6.02. The van der Waals surface area contributed by atoms with Gasteiger partial charge in [-0.25, -0.2) is 4.98 Å². The van der Waals surface area contributed by atoms with Crippen molar-refractivity contribution in [1.29, 1.82) is 5.26 Å². The van der Waals surface area contributed by atoms with E-state index < -0.39 is 18.6 Å². The topological polar surface area (TPSA) is 86.5 Å². The second-order valence-corrected chi connectivity index (χ2v) is 7.89. The molecule has 30 heavy (non-hydrogen) atoms. The molecule has 9 heteroatoms. The van der Waals surface area contributed by atoms with Gasteiger partial charge in [0, 0.05) is 36.1 Å². The van der Waals surface area contributed by atoms with E-state index in [2.05, 4.69) is 19.9 Å². The van der Waals surface area contributed by atoms with Crippen molar-refractivity contribution in [3.8, 4) is 6.07 Å². The standard InChI is InChI=1S/C21H22F3N5O/c22-21(23,24)18(5-8-25)27-11-13-1-3-14(4-2-13)29-10-7-17(30)16-12-28-20-15(19(16)29)6-9-26-20/h6-7,9-10,12-14,18,27H,1-5,11H2,(H,26,28). The lowest BCUT2D eigenvalue weighted by Gasteiger charge is -2.32. The number of aromatic nitrogens is 3. The lowest BCUT2D eigenvalue weighted by molar-refractivity contribution is -0.155. The third-order valence-electron chi connectivity index (χ3n) is 6.02. The number of pyridine rings is 2. The Kier molecular flexibility index (Phi) is 5.52. The minimum Gasteiger partial charge on any atom is -0.346 e. The highest BCUT2D eigenvalue weighted by Crippen LogP contribution is 2.35. The van der Waals surface area contributed by atoms with Crippen LogP contribution in [0, 0.1) is 17.2 Å². The Morgan fingerprint density at radius 1 is 1.27 bits per heavy atom. The van der Waals surface area contributed by atoms with Crippen LogP contribution in [-0.4, -0.2) is 33.3 Å². The van der Waals surface area contributed by atoms with Gasteiger partial charge >= 0.3 is 6.18 Å². The number of nitriles is 1. The summed E-state index contributed by atoms with van der Waals surface area (Å²) in [5.74, 6) is 0.129. The van der Waals surface area contributed by atoms with Crippen molar-refractivity contribution in [1.82, 2.24) is 19.9 Å². The molecule has 4 rings (SSSR count). The van der Waals surface area contributed by atoms with Crippen molar-refractivity contribution in [3.05, 3.63) is 40.9 Å². The van der Waals surface area contributed by atoms with Crippen LogP contribution in [0.25, 0.3) is 21.9 Å². The molecule has 1 aliphatic rings. The average molecular weight is 417 g/mol. The van der Waals surface area contributed by atoms with E-state index in [1.807, 2.05) is 12.3 Å². The summed E-state index contributed by atoms with van der Waals surface area (Å²) in [6.45, 7) is 0.246. The molecule has 0 radical (unpaired) electrons. The molecule has 0 saturated heterocycles. The maximum Gasteiger partial charge on any atom is 0.404 e. The van der Waals surface area contributed by atoms with E-state index in [4.69, 9.17) is 5.26 Å². The second kappa shape index (κ2) is 8.11. The Morgan fingerprint density at radius 2 is 2.03 bits per heavy atom. The Morgan fingerprint density at radius 3 is 2.73 bits per heavy atom. The van der Waals surface area contributed by atoms with E-state index in [0.29, 0.717) is 5.39 Å². The van der Waals surface area contributed by atoms with Gasteiger partial charge in [-0.15, -0.1) is 0 Å². The number of alkyl halides is 3. The van der Waals surface area contributed by atoms with Gasteiger partial charge < -0.3 is 14.9 Å². The van der Waals surface area contributed by atoms with Crippen LogP contribution >= 0.6 is 0 Å². The number of nitrogens with zero attached hydrogens (tertiary/aromatic N) is 3. The molecule has 0 aliphatic heterocycles. The number of hydrogen-bond donors (Lipinski definition) is 2. The molecule has 1 fully saturated rings. The highest BCUT2D eigenvalue weighted by molar-refractivity contribution is 6.02. The van der Waals surface area contributed by atoms with Gasteiger partial charge in [-0.1, -0.05) is 0 Å². The fourth-order valence-electron chi connectivity index (χ4n) is 4.40. The van der Waals surface area contributed by atoms with Crippen LogP contribution < -0.4 is 10.7 Å². The van der Waals surface area contributed by atoms with E-state index in [-0.39, 0.29) is 23.9 Å². The maximum atomic E-state index is 13.0. The predicted octanol–water partition coefficient (Wildman–Crippen LogP) is 4.04. The Balaban J connectivity index is 1.49.